The van der Waals surface area contributed by atoms with E-state index in [4.69, 9.17) is 0 Å². The molecule has 0 unspecified atom stereocenters. The van der Waals surface area contributed by atoms with Crippen molar-refractivity contribution in [2.45, 2.75) is 38.6 Å². The van der Waals surface area contributed by atoms with Crippen molar-refractivity contribution >= 4 is 11.7 Å². The first-order valence-corrected chi connectivity index (χ1v) is 9.74. The highest BCUT2D eigenvalue weighted by Gasteiger charge is 2.16. The Morgan fingerprint density at radius 1 is 0.923 bits per heavy atom. The zero-order chi connectivity index (χ0) is 17.8. The summed E-state index contributed by atoms with van der Waals surface area (Å²) in [5, 5.41) is 6.07. The van der Waals surface area contributed by atoms with E-state index in [1.807, 2.05) is 12.1 Å². The quantitative estimate of drug-likeness (QED) is 0.883. The number of carbonyl (C=O) groups is 1. The summed E-state index contributed by atoms with van der Waals surface area (Å²) in [6.45, 7) is 3.59. The molecular formula is C22H27N3O. The van der Waals surface area contributed by atoms with Crippen molar-refractivity contribution in [3.63, 3.8) is 0 Å². The highest BCUT2D eigenvalue weighted by Crippen LogP contribution is 2.27. The number of hydrogen-bond acceptors (Lipinski definition) is 2. The van der Waals surface area contributed by atoms with Gasteiger partial charge in [-0.15, -0.1) is 0 Å². The van der Waals surface area contributed by atoms with Crippen LogP contribution in [0.4, 0.5) is 10.5 Å². The Kier molecular flexibility index (Phi) is 5.21. The zero-order valence-corrected chi connectivity index (χ0v) is 15.3. The van der Waals surface area contributed by atoms with Gasteiger partial charge < -0.3 is 10.6 Å². The molecule has 26 heavy (non-hydrogen) atoms. The Bertz CT molecular complexity index is 787. The minimum atomic E-state index is -0.0959. The van der Waals surface area contributed by atoms with Crippen molar-refractivity contribution in [2.75, 3.05) is 25.0 Å². The van der Waals surface area contributed by atoms with Gasteiger partial charge in [-0.05, 0) is 60.4 Å². The van der Waals surface area contributed by atoms with Crippen LogP contribution >= 0.6 is 0 Å². The van der Waals surface area contributed by atoms with E-state index in [1.165, 1.54) is 35.1 Å². The van der Waals surface area contributed by atoms with Crippen molar-refractivity contribution in [2.24, 2.45) is 0 Å². The molecule has 1 aliphatic carbocycles. The van der Waals surface area contributed by atoms with E-state index >= 15 is 0 Å². The maximum Gasteiger partial charge on any atom is 0.319 e. The van der Waals surface area contributed by atoms with Gasteiger partial charge in [-0.2, -0.15) is 0 Å². The molecule has 4 rings (SSSR count). The summed E-state index contributed by atoms with van der Waals surface area (Å²) in [6, 6.07) is 14.8. The third-order valence-electron chi connectivity index (χ3n) is 5.57. The van der Waals surface area contributed by atoms with Crippen molar-refractivity contribution in [3.05, 3.63) is 64.7 Å². The van der Waals surface area contributed by atoms with Gasteiger partial charge in [0, 0.05) is 31.9 Å². The number of nitrogens with zero attached hydrogens (tertiary/aromatic N) is 1. The van der Waals surface area contributed by atoms with Crippen LogP contribution in [0.25, 0.3) is 0 Å². The van der Waals surface area contributed by atoms with Crippen LogP contribution in [0.2, 0.25) is 0 Å². The van der Waals surface area contributed by atoms with Crippen LogP contribution in [0.1, 0.15) is 35.1 Å². The number of nitrogens with one attached hydrogen (secondary N) is 2. The van der Waals surface area contributed by atoms with Crippen LogP contribution in [0, 0.1) is 0 Å². The third-order valence-corrected chi connectivity index (χ3v) is 5.57. The van der Waals surface area contributed by atoms with Crippen LogP contribution < -0.4 is 10.6 Å². The number of rotatable bonds is 4. The Hall–Kier alpha value is -2.33. The van der Waals surface area contributed by atoms with E-state index in [2.05, 4.69) is 45.9 Å². The SMILES string of the molecule is O=C(NCCN1CCc2ccccc2C1)Nc1cccc2c1CCCC2. The van der Waals surface area contributed by atoms with Crippen molar-refractivity contribution in [1.82, 2.24) is 10.2 Å². The molecule has 0 aromatic heterocycles. The highest BCUT2D eigenvalue weighted by atomic mass is 16.2. The number of carbonyl (C=O) groups excluding carboxylic acids is 1. The van der Waals surface area contributed by atoms with Crippen LogP contribution in [-0.4, -0.2) is 30.6 Å². The summed E-state index contributed by atoms with van der Waals surface area (Å²) in [7, 11) is 0. The number of aryl methyl sites for hydroxylation is 1. The molecule has 2 amide bonds. The molecule has 1 heterocycles. The average molecular weight is 349 g/mol. The van der Waals surface area contributed by atoms with Gasteiger partial charge in [0.25, 0.3) is 0 Å². The molecule has 2 aromatic rings. The molecule has 2 N–H and O–H groups in total. The first kappa shape index (κ1) is 17.1. The van der Waals surface area contributed by atoms with Crippen molar-refractivity contribution in [1.29, 1.82) is 0 Å². The molecule has 0 spiro atoms. The minimum Gasteiger partial charge on any atom is -0.337 e. The number of hydrogen-bond donors (Lipinski definition) is 2. The largest absolute Gasteiger partial charge is 0.337 e. The van der Waals surface area contributed by atoms with Gasteiger partial charge >= 0.3 is 6.03 Å². The average Bonchev–Trinajstić information content (AvgIpc) is 2.68. The Labute approximate surface area is 155 Å². The molecule has 4 nitrogen and oxygen atoms in total. The van der Waals surface area contributed by atoms with Crippen molar-refractivity contribution in [3.8, 4) is 0 Å². The summed E-state index contributed by atoms with van der Waals surface area (Å²) in [6.07, 6.45) is 5.76. The molecule has 2 aliphatic rings. The molecule has 0 fully saturated rings. The first-order chi connectivity index (χ1) is 12.8. The molecule has 0 saturated carbocycles. The number of fused-ring (bicyclic) bond motifs is 2. The zero-order valence-electron chi connectivity index (χ0n) is 15.3. The van der Waals surface area contributed by atoms with Gasteiger partial charge in [-0.1, -0.05) is 36.4 Å². The van der Waals surface area contributed by atoms with Gasteiger partial charge in [0.1, 0.15) is 0 Å². The fourth-order valence-electron chi connectivity index (χ4n) is 4.14. The van der Waals surface area contributed by atoms with Crippen LogP contribution in [0.3, 0.4) is 0 Å². The molecule has 4 heteroatoms. The molecule has 0 saturated heterocycles. The smallest absolute Gasteiger partial charge is 0.319 e. The van der Waals surface area contributed by atoms with E-state index in [9.17, 15) is 4.79 Å². The minimum absolute atomic E-state index is 0.0959. The van der Waals surface area contributed by atoms with Gasteiger partial charge in [0.05, 0.1) is 0 Å². The topological polar surface area (TPSA) is 44.4 Å². The van der Waals surface area contributed by atoms with E-state index in [1.54, 1.807) is 0 Å². The lowest BCUT2D eigenvalue weighted by Crippen LogP contribution is -2.39. The predicted molar refractivity (Wildman–Crippen MR) is 106 cm³/mol. The van der Waals surface area contributed by atoms with Gasteiger partial charge in [0.2, 0.25) is 0 Å². The second kappa shape index (κ2) is 7.92. The fraction of sp³-hybridized carbons (Fsp3) is 0.409. The lowest BCUT2D eigenvalue weighted by molar-refractivity contribution is 0.239. The molecule has 1 aliphatic heterocycles. The second-order valence-electron chi connectivity index (χ2n) is 7.33. The van der Waals surface area contributed by atoms with Gasteiger partial charge in [0.15, 0.2) is 0 Å². The number of urea groups is 1. The summed E-state index contributed by atoms with van der Waals surface area (Å²) < 4.78 is 0. The van der Waals surface area contributed by atoms with E-state index in [-0.39, 0.29) is 6.03 Å². The maximum atomic E-state index is 12.3. The Morgan fingerprint density at radius 3 is 2.65 bits per heavy atom. The Morgan fingerprint density at radius 2 is 1.73 bits per heavy atom. The second-order valence-corrected chi connectivity index (χ2v) is 7.33. The number of amides is 2. The maximum absolute atomic E-state index is 12.3. The Balaban J connectivity index is 1.26. The normalized spacial score (nSPS) is 16.5. The van der Waals surface area contributed by atoms with Gasteiger partial charge in [-0.25, -0.2) is 4.79 Å². The molecule has 0 bridgehead atoms. The molecule has 136 valence electrons. The fourth-order valence-corrected chi connectivity index (χ4v) is 4.14. The molecule has 2 aromatic carbocycles. The molecular weight excluding hydrogens is 322 g/mol. The number of anilines is 1. The highest BCUT2D eigenvalue weighted by molar-refractivity contribution is 5.90. The monoisotopic (exact) mass is 349 g/mol. The summed E-state index contributed by atoms with van der Waals surface area (Å²) >= 11 is 0. The molecule has 0 atom stereocenters. The molecule has 0 radical (unpaired) electrons. The van der Waals surface area contributed by atoms with Gasteiger partial charge in [-0.3, -0.25) is 4.90 Å². The van der Waals surface area contributed by atoms with Crippen LogP contribution in [-0.2, 0) is 25.8 Å². The standard InChI is InChI=1S/C22H27N3O/c26-22(24-21-11-5-9-18-7-3-4-10-20(18)21)23-13-15-25-14-12-17-6-1-2-8-19(17)16-25/h1-2,5-6,8-9,11H,3-4,7,10,12-16H2,(H2,23,24,26). The van der Waals surface area contributed by atoms with Crippen LogP contribution in [0.5, 0.6) is 0 Å². The first-order valence-electron chi connectivity index (χ1n) is 9.74. The summed E-state index contributed by atoms with van der Waals surface area (Å²) in [5.74, 6) is 0. The predicted octanol–water partition coefficient (Wildman–Crippen LogP) is 3.75. The third kappa shape index (κ3) is 3.91. The lowest BCUT2D eigenvalue weighted by atomic mass is 9.90. The van der Waals surface area contributed by atoms with E-state index in [0.29, 0.717) is 6.54 Å². The summed E-state index contributed by atoms with van der Waals surface area (Å²) in [4.78, 5) is 14.7. The summed E-state index contributed by atoms with van der Waals surface area (Å²) in [5.41, 5.74) is 6.57. The van der Waals surface area contributed by atoms with E-state index < -0.39 is 0 Å². The lowest BCUT2D eigenvalue weighted by Gasteiger charge is -2.28. The number of benzene rings is 2. The van der Waals surface area contributed by atoms with Crippen molar-refractivity contribution < 1.29 is 4.79 Å². The van der Waals surface area contributed by atoms with E-state index in [0.717, 1.165) is 44.6 Å². The van der Waals surface area contributed by atoms with Crippen LogP contribution in [0.15, 0.2) is 42.5 Å².